The molecule has 3 saturated carbocycles. The first-order valence-electron chi connectivity index (χ1n) is 20.5. The Bertz CT molecular complexity index is 2790. The molecule has 3 aliphatic rings. The van der Waals surface area contributed by atoms with Gasteiger partial charge in [0.05, 0.1) is 48.8 Å². The molecule has 7 N–H and O–H groups in total. The van der Waals surface area contributed by atoms with Gasteiger partial charge in [0.15, 0.2) is 28.4 Å². The Morgan fingerprint density at radius 2 is 1.06 bits per heavy atom. The number of hydrogen-bond donors (Lipinski definition) is 7. The molecule has 71 heavy (non-hydrogen) atoms. The first-order valence-corrected chi connectivity index (χ1v) is 20.5. The van der Waals surface area contributed by atoms with Crippen molar-refractivity contribution in [2.24, 2.45) is 5.92 Å². The van der Waals surface area contributed by atoms with Crippen LogP contribution in [0.2, 0.25) is 0 Å². The van der Waals surface area contributed by atoms with Crippen LogP contribution in [-0.4, -0.2) is 111 Å². The number of hydrogen-bond acceptors (Lipinski definition) is 20. The highest BCUT2D eigenvalue weighted by Gasteiger charge is 2.31. The average Bonchev–Trinajstić information content (AvgIpc) is 4.19. The van der Waals surface area contributed by atoms with Crippen LogP contribution in [0.1, 0.15) is 66.4 Å². The lowest BCUT2D eigenvalue weighted by atomic mass is 10.1. The molecular weight excluding hydrogens is 945 g/mol. The summed E-state index contributed by atoms with van der Waals surface area (Å²) >= 11 is 0. The minimum atomic E-state index is -1.27. The largest absolute Gasteiger partial charge is 0.506 e. The molecule has 0 saturated heterocycles. The van der Waals surface area contributed by atoms with Gasteiger partial charge in [-0.2, -0.15) is 10.5 Å². The number of nitrogens with zero attached hydrogens (tertiary/aromatic N) is 6. The van der Waals surface area contributed by atoms with Crippen molar-refractivity contribution in [3.63, 3.8) is 0 Å². The second kappa shape index (κ2) is 25.4. The number of phenolic OH excluding ortho intramolecular Hbond substituents is 2. The third-order valence-corrected chi connectivity index (χ3v) is 9.82. The summed E-state index contributed by atoms with van der Waals surface area (Å²) in [6.07, 6.45) is 6.23. The highest BCUT2D eigenvalue weighted by Crippen LogP contribution is 2.41. The number of benzene rings is 3. The molecular formula is C44H44N8O19. The maximum absolute atomic E-state index is 12.0. The number of carbonyl (C=O) groups excluding carboxylic acids is 3. The van der Waals surface area contributed by atoms with Crippen molar-refractivity contribution in [1.82, 2.24) is 10.6 Å². The fraction of sp³-hybridized carbons (Fsp3) is 0.341. The molecule has 0 spiro atoms. The normalized spacial score (nSPS) is 13.6. The summed E-state index contributed by atoms with van der Waals surface area (Å²) in [4.78, 5) is 78.5. The zero-order valence-corrected chi connectivity index (χ0v) is 38.0. The van der Waals surface area contributed by atoms with E-state index >= 15 is 0 Å². The summed E-state index contributed by atoms with van der Waals surface area (Å²) in [5, 5.41) is 104. The average molecular weight is 989 g/mol. The van der Waals surface area contributed by atoms with E-state index in [2.05, 4.69) is 15.5 Å². The smallest absolute Gasteiger partial charge is 0.336 e. The fourth-order valence-electron chi connectivity index (χ4n) is 5.78. The first kappa shape index (κ1) is 55.6. The van der Waals surface area contributed by atoms with E-state index in [4.69, 9.17) is 41.1 Å². The number of nitrogens with one attached hydrogen (secondary N) is 2. The zero-order chi connectivity index (χ0) is 53.3. The van der Waals surface area contributed by atoms with Crippen molar-refractivity contribution < 1.29 is 78.4 Å². The predicted octanol–water partition coefficient (Wildman–Crippen LogP) is 5.35. The topological polar surface area (TPSA) is 412 Å². The molecule has 3 aromatic carbocycles. The van der Waals surface area contributed by atoms with Crippen molar-refractivity contribution in [1.29, 1.82) is 10.5 Å². The summed E-state index contributed by atoms with van der Waals surface area (Å²) in [7, 11) is 5.03. The number of rotatable bonds is 17. The van der Waals surface area contributed by atoms with Gasteiger partial charge in [0.1, 0.15) is 23.7 Å². The molecule has 0 heterocycles. The van der Waals surface area contributed by atoms with E-state index in [1.807, 2.05) is 0 Å². The molecule has 0 aliphatic heterocycles. The number of amides is 2. The summed E-state index contributed by atoms with van der Waals surface area (Å²) < 4.78 is 19.6. The van der Waals surface area contributed by atoms with E-state index in [9.17, 15) is 69.9 Å². The van der Waals surface area contributed by atoms with Crippen LogP contribution in [0, 0.1) is 65.5 Å². The molecule has 3 aromatic rings. The number of aliphatic hydroxyl groups is 2. The van der Waals surface area contributed by atoms with Crippen molar-refractivity contribution >= 4 is 52.1 Å². The number of methoxy groups -OCH3 is 4. The number of aromatic hydroxyl groups is 2. The van der Waals surface area contributed by atoms with Crippen LogP contribution in [0.25, 0.3) is 16.4 Å². The van der Waals surface area contributed by atoms with Gasteiger partial charge in [0, 0.05) is 47.8 Å². The minimum absolute atomic E-state index is 0.00612. The Hall–Kier alpha value is -9.71. The molecule has 0 radical (unpaired) electrons. The van der Waals surface area contributed by atoms with E-state index in [0.717, 1.165) is 56.0 Å². The van der Waals surface area contributed by atoms with Crippen LogP contribution in [0.3, 0.4) is 0 Å². The molecule has 0 unspecified atom stereocenters. The molecule has 3 aliphatic carbocycles. The molecule has 27 nitrogen and oxygen atoms in total. The summed E-state index contributed by atoms with van der Waals surface area (Å²) in [5.41, 5.74) is -3.58. The number of aliphatic hydroxyl groups excluding tert-OH is 2. The number of ether oxygens (including phenoxy) is 4. The summed E-state index contributed by atoms with van der Waals surface area (Å²) in [5.74, 6) is -5.58. The number of carboxylic acids is 1. The molecule has 374 valence electrons. The van der Waals surface area contributed by atoms with Gasteiger partial charge in [-0.25, -0.2) is 11.4 Å². The molecule has 3 fully saturated rings. The first-order chi connectivity index (χ1) is 33.6. The lowest BCUT2D eigenvalue weighted by Crippen LogP contribution is -2.27. The summed E-state index contributed by atoms with van der Waals surface area (Å²) in [6.45, 7) is 6.50. The zero-order valence-electron chi connectivity index (χ0n) is 38.0. The maximum Gasteiger partial charge on any atom is 0.336 e. The van der Waals surface area contributed by atoms with Crippen LogP contribution in [-0.2, 0) is 14.4 Å². The van der Waals surface area contributed by atoms with E-state index in [1.165, 1.54) is 53.4 Å². The SMILES string of the molecule is COc1cc(/C(O)=C(\C#N)C(=O)NC2CC2)cc([N+](=O)[O-])c1OC.COc1cc(C(=O)O)cc([N+](=O)[O-])c1OC.N#C/C(C(=O)NC1CC1)=C(/O)c1cc(O)c(O)c([N+](=O)[O-])c1.[C-]#[N+]CC(=O)CC1CC1. The molecule has 0 atom stereocenters. The Morgan fingerprint density at radius 3 is 1.39 bits per heavy atom. The quantitative estimate of drug-likeness (QED) is 0.0170. The Morgan fingerprint density at radius 1 is 0.662 bits per heavy atom. The van der Waals surface area contributed by atoms with E-state index in [0.29, 0.717) is 12.3 Å². The number of carbonyl (C=O) groups is 4. The molecule has 6 rings (SSSR count). The van der Waals surface area contributed by atoms with Crippen molar-refractivity contribution in [2.75, 3.05) is 35.0 Å². The van der Waals surface area contributed by atoms with Gasteiger partial charge < -0.3 is 60.0 Å². The van der Waals surface area contributed by atoms with Gasteiger partial charge in [-0.1, -0.05) is 0 Å². The molecule has 2 amide bonds. The highest BCUT2D eigenvalue weighted by atomic mass is 16.6. The van der Waals surface area contributed by atoms with Gasteiger partial charge >= 0.3 is 23.0 Å². The van der Waals surface area contributed by atoms with Crippen LogP contribution < -0.4 is 29.6 Å². The van der Waals surface area contributed by atoms with Crippen molar-refractivity contribution in [3.8, 4) is 46.6 Å². The van der Waals surface area contributed by atoms with Gasteiger partial charge in [0.25, 0.3) is 18.4 Å². The number of nitro benzene ring substituents is 3. The second-order valence-electron chi connectivity index (χ2n) is 15.1. The van der Waals surface area contributed by atoms with Gasteiger partial charge in [-0.15, -0.1) is 0 Å². The Labute approximate surface area is 401 Å². The number of aromatic carboxylic acids is 1. The van der Waals surface area contributed by atoms with Crippen LogP contribution in [0.5, 0.6) is 34.5 Å². The fourth-order valence-corrected chi connectivity index (χ4v) is 5.78. The summed E-state index contributed by atoms with van der Waals surface area (Å²) in [6, 6.07) is 9.01. The minimum Gasteiger partial charge on any atom is -0.506 e. The third-order valence-electron chi connectivity index (χ3n) is 9.82. The highest BCUT2D eigenvalue weighted by molar-refractivity contribution is 6.04. The van der Waals surface area contributed by atoms with Crippen LogP contribution >= 0.6 is 0 Å². The van der Waals surface area contributed by atoms with Gasteiger partial charge in [-0.05, 0) is 62.6 Å². The number of nitriles is 2. The molecule has 0 aromatic heterocycles. The number of nitro groups is 3. The van der Waals surface area contributed by atoms with E-state index in [-0.39, 0.29) is 64.1 Å². The standard InChI is InChI=1S/C15H15N3O6.C13H11N3O6.C9H9NO6.C7H9NO/c1-23-12-6-8(5-11(18(21)22)14(12)24-2)13(19)10(7-16)15(20)17-9-3-4-9;14-5-8(13(20)15-7-1-2-7)11(18)6-3-9(16(21)22)12(19)10(17)4-6;1-15-7-4-5(9(11)12)3-6(10(13)14)8(7)16-2;1-8-5-7(9)4-6-2-3-6/h5-6,9,19H,3-4H2,1-2H3,(H,17,20);3-4,7,17-19H,1-2H2,(H,15,20);3-4H,1-2H3,(H,11,12);6H,2-5H2/b13-10-;11-8-;;. The van der Waals surface area contributed by atoms with Crippen LogP contribution in [0.15, 0.2) is 47.5 Å². The second-order valence-corrected chi connectivity index (χ2v) is 15.1. The Balaban J connectivity index is 0.000000262. The number of phenols is 2. The van der Waals surface area contributed by atoms with Crippen LogP contribution in [0.4, 0.5) is 17.1 Å². The number of Topliss-reactive ketones (excluding diaryl/α,β-unsaturated/α-hetero) is 1. The van der Waals surface area contributed by atoms with Gasteiger partial charge in [0.2, 0.25) is 23.0 Å². The van der Waals surface area contributed by atoms with E-state index in [1.54, 1.807) is 6.07 Å². The number of carboxylic acid groups (broad SMARTS) is 1. The molecule has 27 heteroatoms. The maximum atomic E-state index is 12.0. The lowest BCUT2D eigenvalue weighted by Gasteiger charge is -2.11. The van der Waals surface area contributed by atoms with Gasteiger partial charge in [-0.3, -0.25) is 44.7 Å². The monoisotopic (exact) mass is 988 g/mol. The Kier molecular flexibility index (Phi) is 19.9. The third kappa shape index (κ3) is 15.7. The predicted molar refractivity (Wildman–Crippen MR) is 242 cm³/mol. The van der Waals surface area contributed by atoms with E-state index < -0.39 is 83.8 Å². The van der Waals surface area contributed by atoms with Crippen molar-refractivity contribution in [3.05, 3.63) is 106 Å². The van der Waals surface area contributed by atoms with Crippen molar-refractivity contribution in [2.45, 2.75) is 57.0 Å². The number of ketones is 1. The molecule has 0 bridgehead atoms. The lowest BCUT2D eigenvalue weighted by molar-refractivity contribution is -0.386.